The van der Waals surface area contributed by atoms with E-state index in [1.54, 1.807) is 12.1 Å². The summed E-state index contributed by atoms with van der Waals surface area (Å²) in [6.45, 7) is 4.98. The number of Topliss-reactive ketones (excluding diaryl/α,β-unsaturated/α-hetero) is 1. The largest absolute Gasteiger partial charge is 0.356 e. The molecule has 4 heteroatoms. The maximum atomic E-state index is 11.9. The molecule has 1 rings (SSSR count). The van der Waals surface area contributed by atoms with Gasteiger partial charge in [-0.15, -0.1) is 0 Å². The molecule has 1 amide bonds. The van der Waals surface area contributed by atoms with Gasteiger partial charge in [-0.1, -0.05) is 41.9 Å². The highest BCUT2D eigenvalue weighted by Crippen LogP contribution is 2.13. The highest BCUT2D eigenvalue weighted by Gasteiger charge is 2.07. The lowest BCUT2D eigenvalue weighted by atomic mass is 10.1. The molecule has 0 atom stereocenters. The van der Waals surface area contributed by atoms with Crippen molar-refractivity contribution in [1.29, 1.82) is 0 Å². The van der Waals surface area contributed by atoms with Gasteiger partial charge in [-0.05, 0) is 30.9 Å². The molecular weight excluding hydrogens is 318 g/mol. The number of halogens is 1. The van der Waals surface area contributed by atoms with Gasteiger partial charge in [-0.25, -0.2) is 0 Å². The van der Waals surface area contributed by atoms with Crippen LogP contribution in [0.2, 0.25) is 0 Å². The minimum atomic E-state index is 0.0363. The molecule has 1 N–H and O–H groups in total. The molecule has 0 aliphatic rings. The van der Waals surface area contributed by atoms with Crippen LogP contribution in [-0.4, -0.2) is 18.2 Å². The van der Waals surface area contributed by atoms with Crippen LogP contribution in [-0.2, 0) is 4.79 Å². The van der Waals surface area contributed by atoms with Crippen LogP contribution in [0.25, 0.3) is 0 Å². The lowest BCUT2D eigenvalue weighted by Gasteiger charge is -2.07. The Hall–Kier alpha value is -1.16. The van der Waals surface area contributed by atoms with Gasteiger partial charge in [0.25, 0.3) is 0 Å². The molecule has 0 fully saturated rings. The third kappa shape index (κ3) is 6.85. The Bertz CT molecular complexity index is 440. The van der Waals surface area contributed by atoms with E-state index in [9.17, 15) is 9.59 Å². The highest BCUT2D eigenvalue weighted by atomic mass is 79.9. The normalized spacial score (nSPS) is 10.6. The quantitative estimate of drug-likeness (QED) is 0.728. The van der Waals surface area contributed by atoms with Gasteiger partial charge in [-0.2, -0.15) is 0 Å². The molecule has 0 heterocycles. The summed E-state index contributed by atoms with van der Waals surface area (Å²) in [5.41, 5.74) is 0.702. The summed E-state index contributed by atoms with van der Waals surface area (Å²) < 4.78 is 0.957. The molecule has 3 nitrogen and oxygen atoms in total. The van der Waals surface area contributed by atoms with E-state index in [2.05, 4.69) is 35.1 Å². The Balaban J connectivity index is 2.21. The number of amides is 1. The van der Waals surface area contributed by atoms with E-state index < -0.39 is 0 Å². The van der Waals surface area contributed by atoms with Gasteiger partial charge < -0.3 is 5.32 Å². The summed E-state index contributed by atoms with van der Waals surface area (Å²) in [7, 11) is 0. The number of carbonyl (C=O) groups is 2. The van der Waals surface area contributed by atoms with Crippen LogP contribution in [0.4, 0.5) is 0 Å². The zero-order valence-corrected chi connectivity index (χ0v) is 13.7. The lowest BCUT2D eigenvalue weighted by molar-refractivity contribution is -0.121. The van der Waals surface area contributed by atoms with E-state index in [0.29, 0.717) is 30.7 Å². The summed E-state index contributed by atoms with van der Waals surface area (Å²) in [4.78, 5) is 23.5. The van der Waals surface area contributed by atoms with E-state index in [-0.39, 0.29) is 11.7 Å². The van der Waals surface area contributed by atoms with Crippen molar-refractivity contribution in [2.24, 2.45) is 5.92 Å². The number of carbonyl (C=O) groups excluding carboxylic acids is 2. The van der Waals surface area contributed by atoms with Gasteiger partial charge in [0.15, 0.2) is 5.78 Å². The predicted octanol–water partition coefficient (Wildman–Crippen LogP) is 3.96. The van der Waals surface area contributed by atoms with Crippen molar-refractivity contribution in [1.82, 2.24) is 5.32 Å². The molecule has 1 aromatic rings. The van der Waals surface area contributed by atoms with E-state index in [4.69, 9.17) is 0 Å². The number of hydrogen-bond acceptors (Lipinski definition) is 2. The number of hydrogen-bond donors (Lipinski definition) is 1. The molecule has 0 bridgehead atoms. The second kappa shape index (κ2) is 8.90. The Kier molecular flexibility index (Phi) is 7.52. The molecular formula is C16H22BrNO2. The standard InChI is InChI=1S/C16H22BrNO2/c1-12(2)10-11-18-16(20)5-3-4-15(19)13-6-8-14(17)9-7-13/h6-9,12H,3-5,10-11H2,1-2H3,(H,18,20). The Morgan fingerprint density at radius 3 is 2.40 bits per heavy atom. The minimum absolute atomic E-state index is 0.0363. The molecule has 0 radical (unpaired) electrons. The van der Waals surface area contributed by atoms with E-state index in [1.807, 2.05) is 12.1 Å². The molecule has 20 heavy (non-hydrogen) atoms. The van der Waals surface area contributed by atoms with Crippen LogP contribution >= 0.6 is 15.9 Å². The molecule has 0 saturated carbocycles. The second-order valence-corrected chi connectivity index (χ2v) is 6.23. The van der Waals surface area contributed by atoms with Gasteiger partial charge in [0.1, 0.15) is 0 Å². The van der Waals surface area contributed by atoms with Gasteiger partial charge in [-0.3, -0.25) is 9.59 Å². The van der Waals surface area contributed by atoms with Crippen LogP contribution in [0.15, 0.2) is 28.7 Å². The van der Waals surface area contributed by atoms with E-state index >= 15 is 0 Å². The third-order valence-corrected chi connectivity index (χ3v) is 3.55. The van der Waals surface area contributed by atoms with Crippen LogP contribution in [0.3, 0.4) is 0 Å². The summed E-state index contributed by atoms with van der Waals surface area (Å²) in [5, 5.41) is 2.88. The van der Waals surface area contributed by atoms with Crippen molar-refractivity contribution in [3.63, 3.8) is 0 Å². The van der Waals surface area contributed by atoms with Crippen LogP contribution in [0.5, 0.6) is 0 Å². The van der Waals surface area contributed by atoms with Crippen molar-refractivity contribution in [2.75, 3.05) is 6.54 Å². The molecule has 0 aromatic heterocycles. The number of rotatable bonds is 8. The van der Waals surface area contributed by atoms with Gasteiger partial charge >= 0.3 is 0 Å². The molecule has 1 aromatic carbocycles. The summed E-state index contributed by atoms with van der Waals surface area (Å²) in [5.74, 6) is 0.719. The fraction of sp³-hybridized carbons (Fsp3) is 0.500. The Morgan fingerprint density at radius 1 is 1.15 bits per heavy atom. The smallest absolute Gasteiger partial charge is 0.220 e. The van der Waals surface area contributed by atoms with Gasteiger partial charge in [0.05, 0.1) is 0 Å². The fourth-order valence-electron chi connectivity index (χ4n) is 1.78. The first kappa shape index (κ1) is 16.9. The zero-order valence-electron chi connectivity index (χ0n) is 12.1. The maximum absolute atomic E-state index is 11.9. The zero-order chi connectivity index (χ0) is 15.0. The fourth-order valence-corrected chi connectivity index (χ4v) is 2.04. The predicted molar refractivity (Wildman–Crippen MR) is 84.8 cm³/mol. The van der Waals surface area contributed by atoms with Crippen molar-refractivity contribution >= 4 is 27.6 Å². The van der Waals surface area contributed by atoms with Crippen molar-refractivity contribution in [2.45, 2.75) is 39.5 Å². The Labute approximate surface area is 129 Å². The summed E-state index contributed by atoms with van der Waals surface area (Å²) in [6.07, 6.45) is 2.42. The first-order valence-corrected chi connectivity index (χ1v) is 7.84. The topological polar surface area (TPSA) is 46.2 Å². The SMILES string of the molecule is CC(C)CCNC(=O)CCCC(=O)c1ccc(Br)cc1. The molecule has 110 valence electrons. The number of benzene rings is 1. The lowest BCUT2D eigenvalue weighted by Crippen LogP contribution is -2.25. The average molecular weight is 340 g/mol. The summed E-state index contributed by atoms with van der Waals surface area (Å²) >= 11 is 3.34. The number of nitrogens with one attached hydrogen (secondary N) is 1. The van der Waals surface area contributed by atoms with Gasteiger partial charge in [0.2, 0.25) is 5.91 Å². The van der Waals surface area contributed by atoms with Gasteiger partial charge in [0, 0.05) is 29.4 Å². The maximum Gasteiger partial charge on any atom is 0.220 e. The highest BCUT2D eigenvalue weighted by molar-refractivity contribution is 9.10. The van der Waals surface area contributed by atoms with Crippen LogP contribution < -0.4 is 5.32 Å². The van der Waals surface area contributed by atoms with Crippen molar-refractivity contribution in [3.05, 3.63) is 34.3 Å². The first-order chi connectivity index (χ1) is 9.49. The third-order valence-electron chi connectivity index (χ3n) is 3.02. The molecule has 0 spiro atoms. The summed E-state index contributed by atoms with van der Waals surface area (Å²) in [6, 6.07) is 7.31. The van der Waals surface area contributed by atoms with Crippen LogP contribution in [0, 0.1) is 5.92 Å². The molecule has 0 aliphatic heterocycles. The second-order valence-electron chi connectivity index (χ2n) is 5.32. The van der Waals surface area contributed by atoms with Crippen LogP contribution in [0.1, 0.15) is 49.9 Å². The van der Waals surface area contributed by atoms with Crippen molar-refractivity contribution in [3.8, 4) is 0 Å². The molecule has 0 aliphatic carbocycles. The van der Waals surface area contributed by atoms with E-state index in [0.717, 1.165) is 17.4 Å². The average Bonchev–Trinajstić information content (AvgIpc) is 2.39. The monoisotopic (exact) mass is 339 g/mol. The molecule has 0 saturated heterocycles. The first-order valence-electron chi connectivity index (χ1n) is 7.04. The minimum Gasteiger partial charge on any atom is -0.356 e. The number of ketones is 1. The molecule has 0 unspecified atom stereocenters. The van der Waals surface area contributed by atoms with E-state index in [1.165, 1.54) is 0 Å². The Morgan fingerprint density at radius 2 is 1.80 bits per heavy atom. The van der Waals surface area contributed by atoms with Crippen molar-refractivity contribution < 1.29 is 9.59 Å².